The first-order chi connectivity index (χ1) is 26.8. The molecule has 0 bridgehead atoms. The lowest BCUT2D eigenvalue weighted by Crippen LogP contribution is -2.25. The predicted octanol–water partition coefficient (Wildman–Crippen LogP) is 14.9. The molecule has 0 saturated heterocycles. The molecule has 2 aromatic carbocycles. The summed E-state index contributed by atoms with van der Waals surface area (Å²) in [6.07, 6.45) is 32.5. The Bertz CT molecular complexity index is 1350. The van der Waals surface area contributed by atoms with Gasteiger partial charge in [-0.2, -0.15) is 0 Å². The number of ether oxygens (including phenoxy) is 1. The Morgan fingerprint density at radius 2 is 0.764 bits per heavy atom. The lowest BCUT2D eigenvalue weighted by molar-refractivity contribution is 0.156. The number of rotatable bonds is 16. The number of benzene rings is 2. The second kappa shape index (κ2) is 21.4. The fraction of sp³-hybridized carbons (Fsp3) is 0.680. The second-order valence-corrected chi connectivity index (χ2v) is 18.2. The van der Waals surface area contributed by atoms with Crippen molar-refractivity contribution in [3.63, 3.8) is 0 Å². The summed E-state index contributed by atoms with van der Waals surface area (Å²) in [4.78, 5) is 0. The van der Waals surface area contributed by atoms with Crippen molar-refractivity contribution in [2.75, 3.05) is 13.2 Å². The number of halogens is 4. The van der Waals surface area contributed by atoms with Crippen molar-refractivity contribution < 1.29 is 22.3 Å². The summed E-state index contributed by atoms with van der Waals surface area (Å²) in [6.45, 7) is 5.15. The Hall–Kier alpha value is -2.40. The SMILES string of the molecule is CCCC1CCC(C2CCC(c3cc(F)c(CC=CCOCC=CCc4c(F)cc(C5CCC(C6CCC(CCC)CC6)CC5)cc4F)c(F)c3)CC2)CC1. The largest absolute Gasteiger partial charge is 0.373 e. The first-order valence-corrected chi connectivity index (χ1v) is 22.7. The van der Waals surface area contributed by atoms with Crippen molar-refractivity contribution in [2.24, 2.45) is 35.5 Å². The minimum atomic E-state index is -0.463. The highest BCUT2D eigenvalue weighted by atomic mass is 19.1. The molecule has 55 heavy (non-hydrogen) atoms. The molecule has 0 N–H and O–H groups in total. The Labute approximate surface area is 331 Å². The van der Waals surface area contributed by atoms with Gasteiger partial charge in [0.2, 0.25) is 0 Å². The van der Waals surface area contributed by atoms with E-state index in [0.717, 1.165) is 72.3 Å². The molecule has 0 aromatic heterocycles. The van der Waals surface area contributed by atoms with E-state index in [2.05, 4.69) is 13.8 Å². The van der Waals surface area contributed by atoms with E-state index in [4.69, 9.17) is 4.74 Å². The van der Waals surface area contributed by atoms with Gasteiger partial charge < -0.3 is 4.74 Å². The van der Waals surface area contributed by atoms with Crippen LogP contribution in [0.2, 0.25) is 0 Å². The maximum absolute atomic E-state index is 15.1. The smallest absolute Gasteiger partial charge is 0.129 e. The van der Waals surface area contributed by atoms with Gasteiger partial charge in [0.15, 0.2) is 0 Å². The Morgan fingerprint density at radius 1 is 0.455 bits per heavy atom. The summed E-state index contributed by atoms with van der Waals surface area (Å²) in [5, 5.41) is 0. The zero-order valence-corrected chi connectivity index (χ0v) is 34.1. The predicted molar refractivity (Wildman–Crippen MR) is 219 cm³/mol. The van der Waals surface area contributed by atoms with Crippen molar-refractivity contribution in [1.29, 1.82) is 0 Å². The summed E-state index contributed by atoms with van der Waals surface area (Å²) in [5.74, 6) is 3.74. The Morgan fingerprint density at radius 3 is 1.07 bits per heavy atom. The number of allylic oxidation sites excluding steroid dienone is 2. The first kappa shape index (κ1) is 42.2. The summed E-state index contributed by atoms with van der Waals surface area (Å²) in [6, 6.07) is 6.27. The summed E-state index contributed by atoms with van der Waals surface area (Å²) >= 11 is 0. The van der Waals surface area contributed by atoms with Crippen molar-refractivity contribution in [3.05, 3.63) is 94.1 Å². The Balaban J connectivity index is 0.869. The standard InChI is InChI=1S/C50H70F4O/c1-3-9-35-13-17-37(18-14-35)39-21-25-41(26-22-39)43-31-47(51)45(48(52)32-43)11-5-7-29-55-30-8-6-12-46-49(53)33-44(34-50(46)54)42-27-23-40(24-28-42)38-19-15-36(10-4-2)16-20-38/h5-8,31-42H,3-4,9-30H2,1-2H3. The third-order valence-electron chi connectivity index (χ3n) is 14.7. The van der Waals surface area contributed by atoms with E-state index in [1.807, 2.05) is 0 Å². The fourth-order valence-corrected chi connectivity index (χ4v) is 11.4. The molecule has 4 aliphatic carbocycles. The van der Waals surface area contributed by atoms with Gasteiger partial charge in [-0.1, -0.05) is 89.5 Å². The van der Waals surface area contributed by atoms with E-state index in [1.54, 1.807) is 48.6 Å². The molecule has 2 aromatic rings. The summed E-state index contributed by atoms with van der Waals surface area (Å²) < 4.78 is 66.0. The van der Waals surface area contributed by atoms with Crippen molar-refractivity contribution >= 4 is 0 Å². The lowest BCUT2D eigenvalue weighted by atomic mass is 9.68. The van der Waals surface area contributed by atoms with Gasteiger partial charge in [-0.3, -0.25) is 0 Å². The zero-order chi connectivity index (χ0) is 38.6. The first-order valence-electron chi connectivity index (χ1n) is 22.7. The van der Waals surface area contributed by atoms with E-state index >= 15 is 17.6 Å². The molecular formula is C50H70F4O. The van der Waals surface area contributed by atoms with Gasteiger partial charge in [0.05, 0.1) is 13.2 Å². The van der Waals surface area contributed by atoms with Crippen LogP contribution in [-0.4, -0.2) is 13.2 Å². The molecule has 1 nitrogen and oxygen atoms in total. The molecule has 0 unspecified atom stereocenters. The van der Waals surface area contributed by atoms with Crippen LogP contribution < -0.4 is 0 Å². The monoisotopic (exact) mass is 763 g/mol. The molecule has 4 aliphatic rings. The molecule has 0 aliphatic heterocycles. The molecule has 0 amide bonds. The van der Waals surface area contributed by atoms with Gasteiger partial charge >= 0.3 is 0 Å². The minimum Gasteiger partial charge on any atom is -0.373 e. The second-order valence-electron chi connectivity index (χ2n) is 18.2. The highest BCUT2D eigenvalue weighted by Crippen LogP contribution is 2.46. The average Bonchev–Trinajstić information content (AvgIpc) is 3.20. The van der Waals surface area contributed by atoms with E-state index in [9.17, 15) is 0 Å². The van der Waals surface area contributed by atoms with Gasteiger partial charge in [-0.05, 0) is 173 Å². The number of hydrogen-bond donors (Lipinski definition) is 0. The van der Waals surface area contributed by atoms with Gasteiger partial charge in [-0.25, -0.2) is 17.6 Å². The van der Waals surface area contributed by atoms with Crippen LogP contribution in [-0.2, 0) is 17.6 Å². The van der Waals surface area contributed by atoms with Crippen molar-refractivity contribution in [2.45, 2.75) is 167 Å². The van der Waals surface area contributed by atoms with Crippen LogP contribution in [0.4, 0.5) is 17.6 Å². The molecule has 4 fully saturated rings. The van der Waals surface area contributed by atoms with Crippen LogP contribution in [0.1, 0.15) is 176 Å². The number of hydrogen-bond acceptors (Lipinski definition) is 1. The van der Waals surface area contributed by atoms with Gasteiger partial charge in [0.25, 0.3) is 0 Å². The highest BCUT2D eigenvalue weighted by molar-refractivity contribution is 5.31. The quantitative estimate of drug-likeness (QED) is 0.0940. The minimum absolute atomic E-state index is 0.0973. The van der Waals surface area contributed by atoms with Crippen LogP contribution in [0.3, 0.4) is 0 Å². The highest BCUT2D eigenvalue weighted by Gasteiger charge is 2.33. The van der Waals surface area contributed by atoms with Crippen LogP contribution in [0.15, 0.2) is 48.6 Å². The summed E-state index contributed by atoms with van der Waals surface area (Å²) in [7, 11) is 0. The third-order valence-corrected chi connectivity index (χ3v) is 14.7. The maximum atomic E-state index is 15.1. The third kappa shape index (κ3) is 11.8. The van der Waals surface area contributed by atoms with Gasteiger partial charge in [-0.15, -0.1) is 0 Å². The topological polar surface area (TPSA) is 9.23 Å². The van der Waals surface area contributed by atoms with Gasteiger partial charge in [0, 0.05) is 11.1 Å². The molecule has 0 heterocycles. The molecule has 0 spiro atoms. The molecule has 0 atom stereocenters. The van der Waals surface area contributed by atoms with Crippen LogP contribution in [0.25, 0.3) is 0 Å². The van der Waals surface area contributed by atoms with Crippen molar-refractivity contribution in [3.8, 4) is 0 Å². The van der Waals surface area contributed by atoms with E-state index in [0.29, 0.717) is 0 Å². The Kier molecular flexibility index (Phi) is 16.4. The molecule has 5 heteroatoms. The zero-order valence-electron chi connectivity index (χ0n) is 34.1. The molecule has 6 rings (SSSR count). The lowest BCUT2D eigenvalue weighted by Gasteiger charge is -2.38. The average molecular weight is 763 g/mol. The van der Waals surface area contributed by atoms with Crippen LogP contribution in [0.5, 0.6) is 0 Å². The van der Waals surface area contributed by atoms with Crippen molar-refractivity contribution in [1.82, 2.24) is 0 Å². The molecule has 304 valence electrons. The molecule has 4 saturated carbocycles. The van der Waals surface area contributed by atoms with Gasteiger partial charge in [0.1, 0.15) is 23.3 Å². The normalized spacial score (nSPS) is 29.3. The van der Waals surface area contributed by atoms with Crippen LogP contribution >= 0.6 is 0 Å². The van der Waals surface area contributed by atoms with E-state index < -0.39 is 23.3 Å². The van der Waals surface area contributed by atoms with E-state index in [1.165, 1.54) is 103 Å². The maximum Gasteiger partial charge on any atom is 0.129 e. The molecule has 0 radical (unpaired) electrons. The summed E-state index contributed by atoms with van der Waals surface area (Å²) in [5.41, 5.74) is 1.82. The fourth-order valence-electron chi connectivity index (χ4n) is 11.4. The van der Waals surface area contributed by atoms with E-state index in [-0.39, 0.29) is 49.0 Å². The van der Waals surface area contributed by atoms with Crippen LogP contribution in [0, 0.1) is 58.8 Å². The molecular weight excluding hydrogens is 693 g/mol.